The van der Waals surface area contributed by atoms with Gasteiger partial charge in [-0.1, -0.05) is 70.4 Å². The SMILES string of the molecule is C1CN2CCN1CC2.CCCCCCCC/C=C\CCCCCCCC(=O)O. The minimum atomic E-state index is -0.664. The number of carboxylic acids is 1. The molecule has 0 aliphatic carbocycles. The van der Waals surface area contributed by atoms with Gasteiger partial charge in [-0.25, -0.2) is 0 Å². The molecule has 0 atom stereocenters. The largest absolute Gasteiger partial charge is 0.481 e. The van der Waals surface area contributed by atoms with Crippen LogP contribution < -0.4 is 0 Å². The minimum absolute atomic E-state index is 0.332. The van der Waals surface area contributed by atoms with E-state index in [1.54, 1.807) is 0 Å². The van der Waals surface area contributed by atoms with Gasteiger partial charge in [0.1, 0.15) is 0 Å². The Morgan fingerprint density at radius 2 is 1.07 bits per heavy atom. The first-order valence-electron chi connectivity index (χ1n) is 12.0. The molecule has 2 bridgehead atoms. The van der Waals surface area contributed by atoms with Crippen molar-refractivity contribution in [2.24, 2.45) is 0 Å². The Balaban J connectivity index is 0.000000395. The predicted molar refractivity (Wildman–Crippen MR) is 120 cm³/mol. The number of aliphatic carboxylic acids is 1. The normalized spacial score (nSPS) is 20.9. The van der Waals surface area contributed by atoms with E-state index in [1.807, 2.05) is 0 Å². The molecule has 3 aliphatic heterocycles. The van der Waals surface area contributed by atoms with Crippen LogP contribution in [0, 0.1) is 0 Å². The smallest absolute Gasteiger partial charge is 0.303 e. The summed E-state index contributed by atoms with van der Waals surface area (Å²) in [6, 6.07) is 0. The first-order valence-corrected chi connectivity index (χ1v) is 12.0. The van der Waals surface area contributed by atoms with Crippen LogP contribution in [0.4, 0.5) is 0 Å². The van der Waals surface area contributed by atoms with Crippen LogP contribution in [-0.2, 0) is 4.79 Å². The van der Waals surface area contributed by atoms with E-state index < -0.39 is 5.97 Å². The molecule has 0 spiro atoms. The molecule has 164 valence electrons. The number of piperazine rings is 3. The van der Waals surface area contributed by atoms with Crippen molar-refractivity contribution in [3.05, 3.63) is 12.2 Å². The lowest BCUT2D eigenvalue weighted by Gasteiger charge is -2.41. The summed E-state index contributed by atoms with van der Waals surface area (Å²) in [7, 11) is 0. The summed E-state index contributed by atoms with van der Waals surface area (Å²) in [6.45, 7) is 10.2. The summed E-state index contributed by atoms with van der Waals surface area (Å²) in [5.74, 6) is -0.664. The number of hydrogen-bond donors (Lipinski definition) is 1. The van der Waals surface area contributed by atoms with Crippen LogP contribution in [0.25, 0.3) is 0 Å². The fourth-order valence-corrected chi connectivity index (χ4v) is 3.87. The molecule has 0 unspecified atom stereocenters. The van der Waals surface area contributed by atoms with Gasteiger partial charge in [-0.3, -0.25) is 14.6 Å². The summed E-state index contributed by atoms with van der Waals surface area (Å²) in [5, 5.41) is 8.51. The van der Waals surface area contributed by atoms with Crippen LogP contribution in [0.3, 0.4) is 0 Å². The first kappa shape index (κ1) is 25.2. The average molecular weight is 395 g/mol. The van der Waals surface area contributed by atoms with E-state index in [2.05, 4.69) is 28.9 Å². The van der Waals surface area contributed by atoms with Gasteiger partial charge in [0.2, 0.25) is 0 Å². The lowest BCUT2D eigenvalue weighted by molar-refractivity contribution is -0.137. The Bertz CT molecular complexity index is 367. The summed E-state index contributed by atoms with van der Waals surface area (Å²) in [6.07, 6.45) is 21.2. The number of hydrogen-bond acceptors (Lipinski definition) is 3. The summed E-state index contributed by atoms with van der Waals surface area (Å²) >= 11 is 0. The van der Waals surface area contributed by atoms with Crippen molar-refractivity contribution >= 4 is 5.97 Å². The van der Waals surface area contributed by atoms with Gasteiger partial charge in [0.15, 0.2) is 0 Å². The third-order valence-corrected chi connectivity index (χ3v) is 5.85. The Labute approximate surface area is 174 Å². The summed E-state index contributed by atoms with van der Waals surface area (Å²) < 4.78 is 0. The number of carbonyl (C=O) groups is 1. The van der Waals surface area contributed by atoms with E-state index in [1.165, 1.54) is 110 Å². The highest BCUT2D eigenvalue weighted by Crippen LogP contribution is 2.10. The van der Waals surface area contributed by atoms with E-state index in [0.29, 0.717) is 6.42 Å². The van der Waals surface area contributed by atoms with Crippen LogP contribution in [0.2, 0.25) is 0 Å². The maximum absolute atomic E-state index is 10.3. The van der Waals surface area contributed by atoms with Gasteiger partial charge in [0.25, 0.3) is 0 Å². The number of nitrogens with zero attached hydrogens (tertiary/aromatic N) is 2. The van der Waals surface area contributed by atoms with Crippen molar-refractivity contribution < 1.29 is 9.90 Å². The summed E-state index contributed by atoms with van der Waals surface area (Å²) in [4.78, 5) is 15.4. The van der Waals surface area contributed by atoms with Crippen molar-refractivity contribution in [3.8, 4) is 0 Å². The van der Waals surface area contributed by atoms with Gasteiger partial charge >= 0.3 is 5.97 Å². The number of carboxylic acid groups (broad SMARTS) is 1. The molecule has 0 radical (unpaired) electrons. The van der Waals surface area contributed by atoms with Gasteiger partial charge in [0, 0.05) is 45.7 Å². The van der Waals surface area contributed by atoms with Crippen LogP contribution in [0.5, 0.6) is 0 Å². The zero-order chi connectivity index (χ0) is 20.3. The maximum Gasteiger partial charge on any atom is 0.303 e. The fourth-order valence-electron chi connectivity index (χ4n) is 3.87. The van der Waals surface area contributed by atoms with Gasteiger partial charge in [0.05, 0.1) is 0 Å². The highest BCUT2D eigenvalue weighted by atomic mass is 16.4. The van der Waals surface area contributed by atoms with E-state index in [0.717, 1.165) is 12.8 Å². The molecule has 1 N–H and O–H groups in total. The molecule has 3 heterocycles. The zero-order valence-electron chi connectivity index (χ0n) is 18.5. The minimum Gasteiger partial charge on any atom is -0.481 e. The Morgan fingerprint density at radius 3 is 1.46 bits per heavy atom. The van der Waals surface area contributed by atoms with E-state index in [4.69, 9.17) is 5.11 Å². The zero-order valence-corrected chi connectivity index (χ0v) is 18.5. The molecule has 0 amide bonds. The van der Waals surface area contributed by atoms with Crippen molar-refractivity contribution in [2.45, 2.75) is 96.8 Å². The topological polar surface area (TPSA) is 43.8 Å². The molecule has 28 heavy (non-hydrogen) atoms. The monoisotopic (exact) mass is 394 g/mol. The number of allylic oxidation sites excluding steroid dienone is 2. The molecule has 3 rings (SSSR count). The van der Waals surface area contributed by atoms with Crippen LogP contribution >= 0.6 is 0 Å². The van der Waals surface area contributed by atoms with E-state index >= 15 is 0 Å². The van der Waals surface area contributed by atoms with E-state index in [9.17, 15) is 4.79 Å². The molecule has 0 aromatic rings. The predicted octanol–water partition coefficient (Wildman–Crippen LogP) is 5.73. The maximum atomic E-state index is 10.3. The van der Waals surface area contributed by atoms with Crippen molar-refractivity contribution in [2.75, 3.05) is 39.3 Å². The third-order valence-electron chi connectivity index (χ3n) is 5.85. The lowest BCUT2D eigenvalue weighted by atomic mass is 10.1. The molecule has 0 saturated carbocycles. The van der Waals surface area contributed by atoms with Crippen molar-refractivity contribution in [1.82, 2.24) is 9.80 Å². The summed E-state index contributed by atoms with van der Waals surface area (Å²) in [5.41, 5.74) is 0. The highest BCUT2D eigenvalue weighted by molar-refractivity contribution is 5.66. The number of unbranched alkanes of at least 4 members (excludes halogenated alkanes) is 11. The average Bonchev–Trinajstić information content (AvgIpc) is 2.72. The molecule has 0 aromatic carbocycles. The Kier molecular flexibility index (Phi) is 16.3. The fraction of sp³-hybridized carbons (Fsp3) is 0.875. The van der Waals surface area contributed by atoms with Gasteiger partial charge in [-0.05, 0) is 32.1 Å². The van der Waals surface area contributed by atoms with Crippen LogP contribution in [-0.4, -0.2) is 60.1 Å². The second kappa shape index (κ2) is 18.2. The standard InChI is InChI=1S/C18H34O2.C6H12N2/c1-2-3-4-5-6-7-8-9-10-11-12-13-14-15-16-17-18(19)20;1-2-8-5-3-7(1)4-6-8/h9-10H,2-8,11-17H2,1H3,(H,19,20);1-6H2/b10-9-;. The Hall–Kier alpha value is -0.870. The lowest BCUT2D eigenvalue weighted by Crippen LogP contribution is -2.55. The molecule has 3 saturated heterocycles. The van der Waals surface area contributed by atoms with Crippen LogP contribution in [0.1, 0.15) is 96.8 Å². The second-order valence-corrected chi connectivity index (χ2v) is 8.41. The molecular weight excluding hydrogens is 348 g/mol. The molecule has 4 nitrogen and oxygen atoms in total. The Morgan fingerprint density at radius 1 is 0.679 bits per heavy atom. The quantitative estimate of drug-likeness (QED) is 0.285. The molecule has 4 heteroatoms. The molecular formula is C24H46N2O2. The second-order valence-electron chi connectivity index (χ2n) is 8.41. The first-order chi connectivity index (χ1) is 13.7. The van der Waals surface area contributed by atoms with Gasteiger partial charge in [-0.2, -0.15) is 0 Å². The number of rotatable bonds is 15. The number of fused-ring (bicyclic) bond motifs is 3. The molecule has 3 aliphatic rings. The highest BCUT2D eigenvalue weighted by Gasteiger charge is 2.21. The van der Waals surface area contributed by atoms with Crippen molar-refractivity contribution in [1.29, 1.82) is 0 Å². The van der Waals surface area contributed by atoms with Crippen LogP contribution in [0.15, 0.2) is 12.2 Å². The van der Waals surface area contributed by atoms with Crippen molar-refractivity contribution in [3.63, 3.8) is 0 Å². The molecule has 0 aromatic heterocycles. The third kappa shape index (κ3) is 15.1. The van der Waals surface area contributed by atoms with Gasteiger partial charge in [-0.15, -0.1) is 0 Å². The molecule has 3 fully saturated rings. The van der Waals surface area contributed by atoms with E-state index in [-0.39, 0.29) is 0 Å². The van der Waals surface area contributed by atoms with Gasteiger partial charge < -0.3 is 5.11 Å².